The van der Waals surface area contributed by atoms with E-state index in [1.807, 2.05) is 24.3 Å². The first-order valence-corrected chi connectivity index (χ1v) is 7.05. The van der Waals surface area contributed by atoms with Crippen LogP contribution in [0.15, 0.2) is 49.1 Å². The first kappa shape index (κ1) is 14.3. The van der Waals surface area contributed by atoms with E-state index in [-0.39, 0.29) is 5.91 Å². The van der Waals surface area contributed by atoms with Gasteiger partial charge in [0.2, 0.25) is 0 Å². The van der Waals surface area contributed by atoms with Gasteiger partial charge in [-0.05, 0) is 17.7 Å². The van der Waals surface area contributed by atoms with E-state index in [1.54, 1.807) is 35.0 Å². The van der Waals surface area contributed by atoms with E-state index in [4.69, 9.17) is 11.6 Å². The van der Waals surface area contributed by atoms with Crippen molar-refractivity contribution < 1.29 is 4.79 Å². The van der Waals surface area contributed by atoms with E-state index < -0.39 is 0 Å². The lowest BCUT2D eigenvalue weighted by Gasteiger charge is -2.02. The van der Waals surface area contributed by atoms with Crippen molar-refractivity contribution in [2.24, 2.45) is 7.05 Å². The Labute approximate surface area is 132 Å². The van der Waals surface area contributed by atoms with Crippen LogP contribution in [0.4, 0.5) is 5.69 Å². The molecule has 0 atom stereocenters. The summed E-state index contributed by atoms with van der Waals surface area (Å²) in [5.74, 6) is -0.213. The molecule has 2 aromatic heterocycles. The standard InChI is InChI=1S/C15H14ClN5O/c1-20-9-12(6-17-20)15(22)19-14-7-18-21(10-14)8-11-3-2-4-13(16)5-11/h2-7,9-10H,8H2,1H3,(H,19,22). The first-order valence-electron chi connectivity index (χ1n) is 6.67. The smallest absolute Gasteiger partial charge is 0.258 e. The predicted octanol–water partition coefficient (Wildman–Crippen LogP) is 2.57. The molecule has 1 amide bonds. The minimum Gasteiger partial charge on any atom is -0.319 e. The quantitative estimate of drug-likeness (QED) is 0.804. The molecule has 0 unspecified atom stereocenters. The van der Waals surface area contributed by atoms with Gasteiger partial charge in [0.15, 0.2) is 0 Å². The second kappa shape index (κ2) is 6.03. The molecule has 0 radical (unpaired) electrons. The number of carbonyl (C=O) groups excluding carboxylic acids is 1. The fourth-order valence-electron chi connectivity index (χ4n) is 2.08. The SMILES string of the molecule is Cn1cc(C(=O)Nc2cnn(Cc3cccc(Cl)c3)c2)cn1. The first-order chi connectivity index (χ1) is 10.6. The Kier molecular flexibility index (Phi) is 3.93. The van der Waals surface area contributed by atoms with Gasteiger partial charge in [-0.15, -0.1) is 0 Å². The predicted molar refractivity (Wildman–Crippen MR) is 83.9 cm³/mol. The van der Waals surface area contributed by atoms with Crippen molar-refractivity contribution in [2.75, 3.05) is 5.32 Å². The number of nitrogens with one attached hydrogen (secondary N) is 1. The third kappa shape index (κ3) is 3.35. The highest BCUT2D eigenvalue weighted by molar-refractivity contribution is 6.30. The topological polar surface area (TPSA) is 64.7 Å². The van der Waals surface area contributed by atoms with Gasteiger partial charge < -0.3 is 5.32 Å². The molecule has 3 aromatic rings. The molecule has 0 aliphatic rings. The Morgan fingerprint density at radius 1 is 1.27 bits per heavy atom. The highest BCUT2D eigenvalue weighted by Gasteiger charge is 2.09. The van der Waals surface area contributed by atoms with Crippen LogP contribution in [-0.4, -0.2) is 25.5 Å². The molecule has 0 bridgehead atoms. The van der Waals surface area contributed by atoms with Crippen molar-refractivity contribution in [3.05, 3.63) is 65.2 Å². The molecule has 2 heterocycles. The second-order valence-electron chi connectivity index (χ2n) is 4.91. The van der Waals surface area contributed by atoms with E-state index in [1.165, 1.54) is 6.20 Å². The van der Waals surface area contributed by atoms with E-state index in [0.717, 1.165) is 5.56 Å². The third-order valence-corrected chi connectivity index (χ3v) is 3.33. The molecule has 0 aliphatic heterocycles. The summed E-state index contributed by atoms with van der Waals surface area (Å²) in [5.41, 5.74) is 2.18. The third-order valence-electron chi connectivity index (χ3n) is 3.09. The molecule has 0 aliphatic carbocycles. The molecule has 1 aromatic carbocycles. The maximum absolute atomic E-state index is 12.0. The number of benzene rings is 1. The van der Waals surface area contributed by atoms with Crippen molar-refractivity contribution in [2.45, 2.75) is 6.54 Å². The fourth-order valence-corrected chi connectivity index (χ4v) is 2.29. The summed E-state index contributed by atoms with van der Waals surface area (Å²) in [6.07, 6.45) is 6.56. The number of anilines is 1. The zero-order valence-electron chi connectivity index (χ0n) is 11.9. The number of aryl methyl sites for hydroxylation is 1. The molecule has 6 nitrogen and oxygen atoms in total. The Morgan fingerprint density at radius 3 is 2.86 bits per heavy atom. The zero-order chi connectivity index (χ0) is 15.5. The molecule has 0 saturated carbocycles. The Hall–Kier alpha value is -2.60. The number of nitrogens with zero attached hydrogens (tertiary/aromatic N) is 4. The van der Waals surface area contributed by atoms with Gasteiger partial charge in [0.05, 0.1) is 30.2 Å². The van der Waals surface area contributed by atoms with E-state index in [0.29, 0.717) is 22.8 Å². The minimum atomic E-state index is -0.213. The summed E-state index contributed by atoms with van der Waals surface area (Å²) in [7, 11) is 1.76. The lowest BCUT2D eigenvalue weighted by atomic mass is 10.2. The number of halogens is 1. The van der Waals surface area contributed by atoms with Gasteiger partial charge in [-0.2, -0.15) is 10.2 Å². The van der Waals surface area contributed by atoms with E-state index in [9.17, 15) is 4.79 Å². The highest BCUT2D eigenvalue weighted by Crippen LogP contribution is 2.13. The van der Waals surface area contributed by atoms with Crippen molar-refractivity contribution in [3.8, 4) is 0 Å². The molecule has 1 N–H and O–H groups in total. The number of aromatic nitrogens is 4. The van der Waals surface area contributed by atoms with Gasteiger partial charge in [-0.25, -0.2) is 0 Å². The van der Waals surface area contributed by atoms with Gasteiger partial charge in [0, 0.05) is 24.5 Å². The molecular formula is C15H14ClN5O. The highest BCUT2D eigenvalue weighted by atomic mass is 35.5. The monoisotopic (exact) mass is 315 g/mol. The Balaban J connectivity index is 1.67. The van der Waals surface area contributed by atoms with Crippen LogP contribution in [0.3, 0.4) is 0 Å². The summed E-state index contributed by atoms with van der Waals surface area (Å²) < 4.78 is 3.32. The lowest BCUT2D eigenvalue weighted by Crippen LogP contribution is -2.10. The molecule has 112 valence electrons. The van der Waals surface area contributed by atoms with Gasteiger partial charge >= 0.3 is 0 Å². The number of hydrogen-bond donors (Lipinski definition) is 1. The summed E-state index contributed by atoms with van der Waals surface area (Å²) in [4.78, 5) is 12.0. The van der Waals surface area contributed by atoms with Crippen LogP contribution in [0, 0.1) is 0 Å². The Bertz CT molecular complexity index is 808. The van der Waals surface area contributed by atoms with Gasteiger partial charge in [0.1, 0.15) is 0 Å². The van der Waals surface area contributed by atoms with Crippen LogP contribution < -0.4 is 5.32 Å². The molecule has 3 rings (SSSR count). The van der Waals surface area contributed by atoms with Crippen molar-refractivity contribution in [3.63, 3.8) is 0 Å². The molecule has 0 fully saturated rings. The molecule has 7 heteroatoms. The Morgan fingerprint density at radius 2 is 2.14 bits per heavy atom. The van der Waals surface area contributed by atoms with Crippen LogP contribution in [0.1, 0.15) is 15.9 Å². The van der Waals surface area contributed by atoms with E-state index in [2.05, 4.69) is 15.5 Å². The number of carbonyl (C=O) groups is 1. The largest absolute Gasteiger partial charge is 0.319 e. The molecule has 0 spiro atoms. The van der Waals surface area contributed by atoms with Crippen molar-refractivity contribution in [1.29, 1.82) is 0 Å². The fraction of sp³-hybridized carbons (Fsp3) is 0.133. The maximum atomic E-state index is 12.0. The number of hydrogen-bond acceptors (Lipinski definition) is 3. The average molecular weight is 316 g/mol. The summed E-state index contributed by atoms with van der Waals surface area (Å²) >= 11 is 5.96. The van der Waals surface area contributed by atoms with Gasteiger partial charge in [-0.3, -0.25) is 14.2 Å². The van der Waals surface area contributed by atoms with Crippen molar-refractivity contribution >= 4 is 23.2 Å². The van der Waals surface area contributed by atoms with Crippen LogP contribution >= 0.6 is 11.6 Å². The summed E-state index contributed by atoms with van der Waals surface area (Å²) in [6, 6.07) is 7.58. The lowest BCUT2D eigenvalue weighted by molar-refractivity contribution is 0.102. The van der Waals surface area contributed by atoms with Crippen LogP contribution in [0.2, 0.25) is 5.02 Å². The molecular weight excluding hydrogens is 302 g/mol. The van der Waals surface area contributed by atoms with Gasteiger partial charge in [0.25, 0.3) is 5.91 Å². The van der Waals surface area contributed by atoms with Crippen LogP contribution in [0.25, 0.3) is 0 Å². The maximum Gasteiger partial charge on any atom is 0.258 e. The molecule has 0 saturated heterocycles. The number of amides is 1. The van der Waals surface area contributed by atoms with Crippen LogP contribution in [0.5, 0.6) is 0 Å². The van der Waals surface area contributed by atoms with Gasteiger partial charge in [-0.1, -0.05) is 23.7 Å². The minimum absolute atomic E-state index is 0.213. The van der Waals surface area contributed by atoms with Crippen LogP contribution in [-0.2, 0) is 13.6 Å². The zero-order valence-corrected chi connectivity index (χ0v) is 12.7. The summed E-state index contributed by atoms with van der Waals surface area (Å²) in [5, 5.41) is 11.7. The van der Waals surface area contributed by atoms with Crippen molar-refractivity contribution in [1.82, 2.24) is 19.6 Å². The van der Waals surface area contributed by atoms with E-state index >= 15 is 0 Å². The normalized spacial score (nSPS) is 10.6. The average Bonchev–Trinajstić information content (AvgIpc) is 3.08. The second-order valence-corrected chi connectivity index (χ2v) is 5.35. The number of rotatable bonds is 4. The summed E-state index contributed by atoms with van der Waals surface area (Å²) in [6.45, 7) is 0.587. The molecule has 22 heavy (non-hydrogen) atoms.